The molecule has 5 nitrogen and oxygen atoms in total. The van der Waals surface area contributed by atoms with E-state index in [1.807, 2.05) is 133 Å². The minimum atomic E-state index is -5.96. The number of nitrogens with zero attached hydrogens (tertiary/aromatic N) is 2. The lowest BCUT2D eigenvalue weighted by atomic mass is 9.98. The van der Waals surface area contributed by atoms with E-state index in [9.17, 15) is 21.6 Å². The molecule has 0 amide bonds. The van der Waals surface area contributed by atoms with E-state index >= 15 is 0 Å². The van der Waals surface area contributed by atoms with Crippen molar-refractivity contribution in [3.8, 4) is 28.0 Å². The molecule has 0 fully saturated rings. The van der Waals surface area contributed by atoms with Crippen LogP contribution in [0.25, 0.3) is 42.4 Å². The van der Waals surface area contributed by atoms with Gasteiger partial charge in [0.15, 0.2) is 0 Å². The fourth-order valence-electron chi connectivity index (χ4n) is 7.54. The van der Waals surface area contributed by atoms with Crippen molar-refractivity contribution in [1.82, 2.24) is 0 Å². The van der Waals surface area contributed by atoms with E-state index in [-0.39, 0.29) is 0 Å². The average Bonchev–Trinajstić information content (AvgIpc) is 3.63. The number of hydrogen-bond donors (Lipinski definition) is 0. The van der Waals surface area contributed by atoms with E-state index in [1.165, 1.54) is 23.5 Å². The number of thiophene rings is 1. The Kier molecular flexibility index (Phi) is 10.0. The van der Waals surface area contributed by atoms with Gasteiger partial charge in [0.25, 0.3) is 0 Å². The van der Waals surface area contributed by atoms with Crippen molar-refractivity contribution < 1.29 is 25.8 Å². The van der Waals surface area contributed by atoms with Crippen LogP contribution in [0, 0.1) is 0 Å². The Labute approximate surface area is 344 Å². The lowest BCUT2D eigenvalue weighted by Gasteiger charge is -2.29. The largest absolute Gasteiger partial charge is 0.534 e. The summed E-state index contributed by atoms with van der Waals surface area (Å²) in [6.45, 7) is 0. The van der Waals surface area contributed by atoms with E-state index in [1.54, 1.807) is 0 Å². The summed E-state index contributed by atoms with van der Waals surface area (Å²) in [5.74, 6) is -0.427. The Bertz CT molecular complexity index is 2940. The van der Waals surface area contributed by atoms with Crippen LogP contribution in [0.3, 0.4) is 0 Å². The highest BCUT2D eigenvalue weighted by atomic mass is 32.2. The molecule has 292 valence electrons. The number of fused-ring (bicyclic) bond motifs is 3. The molecule has 1 aliphatic rings. The number of halogens is 3. The molecule has 59 heavy (non-hydrogen) atoms. The monoisotopic (exact) mass is 820 g/mol. The van der Waals surface area contributed by atoms with Gasteiger partial charge < -0.3 is 14.0 Å². The normalized spacial score (nSPS) is 13.0. The third-order valence-corrected chi connectivity index (χ3v) is 12.4. The van der Waals surface area contributed by atoms with Crippen LogP contribution in [0.15, 0.2) is 194 Å². The topological polar surface area (TPSA) is 49.9 Å². The molecule has 0 saturated heterocycles. The Hall–Kier alpha value is -6.62. The predicted molar refractivity (Wildman–Crippen MR) is 236 cm³/mol. The zero-order valence-electron chi connectivity index (χ0n) is 31.4. The number of benzene rings is 7. The van der Waals surface area contributed by atoms with Gasteiger partial charge in [-0.1, -0.05) is 97.1 Å². The fourth-order valence-corrected chi connectivity index (χ4v) is 9.18. The number of hydrogen-bond acceptors (Lipinski definition) is 6. The molecule has 1 aromatic heterocycles. The van der Waals surface area contributed by atoms with Crippen LogP contribution in [0.4, 0.5) is 41.6 Å². The first kappa shape index (κ1) is 37.9. The van der Waals surface area contributed by atoms with E-state index < -0.39 is 21.4 Å². The van der Waals surface area contributed by atoms with Crippen molar-refractivity contribution >= 4 is 70.1 Å². The zero-order valence-corrected chi connectivity index (χ0v) is 33.0. The number of para-hydroxylation sites is 3. The highest BCUT2D eigenvalue weighted by molar-refractivity contribution is 7.88. The molecule has 1 heterocycles. The maximum Gasteiger partial charge on any atom is 0.534 e. The summed E-state index contributed by atoms with van der Waals surface area (Å²) in [7, 11) is -5.96. The fraction of sp³-hybridized carbons (Fsp3) is 0.0612. The van der Waals surface area contributed by atoms with Gasteiger partial charge in [-0.25, -0.2) is 0 Å². The van der Waals surface area contributed by atoms with Crippen molar-refractivity contribution in [2.75, 3.05) is 9.80 Å². The van der Waals surface area contributed by atoms with Gasteiger partial charge in [-0.2, -0.15) is 21.6 Å². The van der Waals surface area contributed by atoms with Gasteiger partial charge in [-0.05, 0) is 121 Å². The second-order valence-corrected chi connectivity index (χ2v) is 16.6. The maximum absolute atomic E-state index is 13.7. The molecule has 0 saturated carbocycles. The molecule has 8 aromatic rings. The van der Waals surface area contributed by atoms with Crippen LogP contribution in [0.5, 0.6) is 5.75 Å². The Morgan fingerprint density at radius 1 is 0.559 bits per heavy atom. The minimum absolute atomic E-state index is 0.427. The number of alkyl halides is 3. The molecule has 0 radical (unpaired) electrons. The number of allylic oxidation sites excluding steroid dienone is 4. The molecule has 9 rings (SSSR count). The van der Waals surface area contributed by atoms with Gasteiger partial charge in [0, 0.05) is 59.9 Å². The van der Waals surface area contributed by atoms with Crippen molar-refractivity contribution in [3.63, 3.8) is 0 Å². The van der Waals surface area contributed by atoms with Crippen LogP contribution < -0.4 is 14.0 Å². The van der Waals surface area contributed by atoms with Crippen molar-refractivity contribution in [2.45, 2.75) is 18.3 Å². The summed E-state index contributed by atoms with van der Waals surface area (Å²) in [5, 5.41) is 1.33. The van der Waals surface area contributed by atoms with E-state index in [4.69, 9.17) is 4.18 Å². The highest BCUT2D eigenvalue weighted by Gasteiger charge is 2.48. The van der Waals surface area contributed by atoms with Crippen molar-refractivity contribution in [1.29, 1.82) is 0 Å². The second-order valence-electron chi connectivity index (χ2n) is 14.0. The van der Waals surface area contributed by atoms with Gasteiger partial charge >= 0.3 is 15.6 Å². The average molecular weight is 821 g/mol. The molecule has 7 aromatic carbocycles. The van der Waals surface area contributed by atoms with Gasteiger partial charge in [-0.3, -0.25) is 0 Å². The molecule has 0 N–H and O–H groups in total. The zero-order chi connectivity index (χ0) is 40.6. The van der Waals surface area contributed by atoms with E-state index in [2.05, 4.69) is 52.3 Å². The van der Waals surface area contributed by atoms with E-state index in [0.717, 1.165) is 72.9 Å². The second kappa shape index (κ2) is 15.6. The molecular weight excluding hydrogens is 786 g/mol. The molecule has 0 aliphatic heterocycles. The first-order valence-corrected chi connectivity index (χ1v) is 21.2. The first-order valence-electron chi connectivity index (χ1n) is 19.0. The van der Waals surface area contributed by atoms with Crippen molar-refractivity contribution in [2.24, 2.45) is 0 Å². The SMILES string of the molecule is O=S(=O)(Oc1cc(-c2cccc(N(C3=CC=CCC3)c3ccccc3)c2)c2sc3ccc(-c4cccc(N(c5ccccc5)c5ccccc5)c4)cc3c2c1)C(F)(F)F. The summed E-state index contributed by atoms with van der Waals surface area (Å²) in [6.07, 6.45) is 7.94. The van der Waals surface area contributed by atoms with Gasteiger partial charge in [-0.15, -0.1) is 11.3 Å². The Morgan fingerprint density at radius 3 is 1.73 bits per heavy atom. The molecule has 10 heteroatoms. The highest BCUT2D eigenvalue weighted by Crippen LogP contribution is 2.46. The summed E-state index contributed by atoms with van der Waals surface area (Å²) in [6, 6.07) is 54.9. The summed E-state index contributed by atoms with van der Waals surface area (Å²) < 4.78 is 72.7. The quantitative estimate of drug-likeness (QED) is 0.102. The minimum Gasteiger partial charge on any atom is -0.376 e. The molecular formula is C49H35F3N2O3S2. The van der Waals surface area contributed by atoms with Gasteiger partial charge in [0.1, 0.15) is 5.75 Å². The molecule has 0 unspecified atom stereocenters. The molecule has 0 spiro atoms. The van der Waals surface area contributed by atoms with Crippen LogP contribution >= 0.6 is 11.3 Å². The number of anilines is 5. The molecule has 0 atom stereocenters. The third kappa shape index (κ3) is 7.60. The van der Waals surface area contributed by atoms with Crippen LogP contribution in [-0.2, 0) is 10.1 Å². The van der Waals surface area contributed by atoms with Crippen LogP contribution in [0.1, 0.15) is 12.8 Å². The summed E-state index contributed by atoms with van der Waals surface area (Å²) in [4.78, 5) is 4.34. The van der Waals surface area contributed by atoms with E-state index in [0.29, 0.717) is 16.5 Å². The van der Waals surface area contributed by atoms with Crippen molar-refractivity contribution in [3.05, 3.63) is 194 Å². The van der Waals surface area contributed by atoms with Crippen LogP contribution in [0.2, 0.25) is 0 Å². The van der Waals surface area contributed by atoms with Gasteiger partial charge in [0.05, 0.1) is 0 Å². The Morgan fingerprint density at radius 2 is 1.12 bits per heavy atom. The summed E-state index contributed by atoms with van der Waals surface area (Å²) in [5.41, 5.74) is 3.25. The Balaban J connectivity index is 1.19. The molecule has 1 aliphatic carbocycles. The first-order chi connectivity index (χ1) is 28.6. The lowest BCUT2D eigenvalue weighted by Crippen LogP contribution is -2.28. The standard InChI is InChI=1S/C49H35F3N2O3S2/c50-49(51,52)59(55,56)57-43-32-44(36-16-14-26-42(30-36)54(39-21-9-3-10-22-39)40-23-11-4-12-24-40)48-46(33-43)45-31-35(27-28-47(45)58-48)34-15-13-25-41(29-34)53(37-17-5-1-6-18-37)38-19-7-2-8-20-38/h1-11,13-23,25-33H,12,24H2. The summed E-state index contributed by atoms with van der Waals surface area (Å²) >= 11 is 1.49. The maximum atomic E-state index is 13.7. The third-order valence-electron chi connectivity index (χ3n) is 10.2. The smallest absolute Gasteiger partial charge is 0.376 e. The number of rotatable bonds is 10. The van der Waals surface area contributed by atoms with Crippen LogP contribution in [-0.4, -0.2) is 13.9 Å². The lowest BCUT2D eigenvalue weighted by molar-refractivity contribution is -0.0500. The predicted octanol–water partition coefficient (Wildman–Crippen LogP) is 14.5. The molecule has 0 bridgehead atoms. The van der Waals surface area contributed by atoms with Gasteiger partial charge in [0.2, 0.25) is 0 Å².